The Bertz CT molecular complexity index is 391. The summed E-state index contributed by atoms with van der Waals surface area (Å²) in [4.78, 5) is 1.38. The molecule has 0 spiro atoms. The highest BCUT2D eigenvalue weighted by molar-refractivity contribution is 5.50. The Kier molecular flexibility index (Phi) is 3.65. The molecule has 100 valence electrons. The summed E-state index contributed by atoms with van der Waals surface area (Å²) in [6, 6.07) is 5.18. The monoisotopic (exact) mass is 260 g/mol. The minimum atomic E-state index is -4.23. The first-order valence-electron chi connectivity index (χ1n) is 5.70. The third-order valence-electron chi connectivity index (χ3n) is 3.03. The number of rotatable bonds is 2. The second-order valence-electron chi connectivity index (χ2n) is 4.15. The lowest BCUT2D eigenvalue weighted by Gasteiger charge is -2.38. The van der Waals surface area contributed by atoms with Gasteiger partial charge in [0.25, 0.3) is 0 Å². The smallest absolute Gasteiger partial charge is 0.409 e. The maximum atomic E-state index is 12.9. The maximum absolute atomic E-state index is 12.9. The van der Waals surface area contributed by atoms with Crippen molar-refractivity contribution in [2.75, 3.05) is 31.6 Å². The van der Waals surface area contributed by atoms with Gasteiger partial charge in [0.15, 0.2) is 0 Å². The molecule has 1 N–H and O–H groups in total. The van der Waals surface area contributed by atoms with Crippen molar-refractivity contribution in [2.24, 2.45) is 0 Å². The van der Waals surface area contributed by atoms with Crippen LogP contribution in [0.3, 0.4) is 0 Å². The number of ether oxygens (including phenoxy) is 1. The maximum Gasteiger partial charge on any atom is 0.409 e. The van der Waals surface area contributed by atoms with E-state index >= 15 is 0 Å². The van der Waals surface area contributed by atoms with Gasteiger partial charge < -0.3 is 15.0 Å². The molecular formula is C12H15F3N2O. The lowest BCUT2D eigenvalue weighted by atomic mass is 10.1. The molecule has 1 aliphatic heterocycles. The van der Waals surface area contributed by atoms with E-state index in [4.69, 9.17) is 4.74 Å². The third kappa shape index (κ3) is 2.69. The summed E-state index contributed by atoms with van der Waals surface area (Å²) in [5.74, 6) is 0.637. The normalized spacial score (nSPS) is 20.9. The summed E-state index contributed by atoms with van der Waals surface area (Å²) in [6.07, 6.45) is -4.23. The first-order chi connectivity index (χ1) is 8.52. The van der Waals surface area contributed by atoms with Crippen LogP contribution < -0.4 is 15.0 Å². The Hall–Kier alpha value is -1.43. The van der Waals surface area contributed by atoms with Gasteiger partial charge in [-0.2, -0.15) is 13.2 Å². The Morgan fingerprint density at radius 1 is 1.28 bits per heavy atom. The molecule has 18 heavy (non-hydrogen) atoms. The zero-order chi connectivity index (χ0) is 13.2. The molecule has 2 rings (SSSR count). The van der Waals surface area contributed by atoms with Crippen LogP contribution in [0.2, 0.25) is 0 Å². The summed E-state index contributed by atoms with van der Waals surface area (Å²) in [5.41, 5.74) is 0.569. The van der Waals surface area contributed by atoms with Crippen LogP contribution in [0, 0.1) is 0 Å². The van der Waals surface area contributed by atoms with E-state index in [1.165, 1.54) is 12.0 Å². The molecule has 0 aromatic heterocycles. The highest BCUT2D eigenvalue weighted by atomic mass is 19.4. The molecule has 1 aromatic rings. The average molecular weight is 260 g/mol. The van der Waals surface area contributed by atoms with Gasteiger partial charge in [-0.1, -0.05) is 0 Å². The van der Waals surface area contributed by atoms with E-state index in [0.29, 0.717) is 24.5 Å². The Morgan fingerprint density at radius 3 is 2.50 bits per heavy atom. The Balaban J connectivity index is 2.22. The predicted octanol–water partition coefficient (Wildman–Crippen LogP) is 2.04. The quantitative estimate of drug-likeness (QED) is 0.880. The van der Waals surface area contributed by atoms with Crippen molar-refractivity contribution >= 4 is 5.69 Å². The molecule has 1 unspecified atom stereocenters. The van der Waals surface area contributed by atoms with Crippen molar-refractivity contribution in [3.05, 3.63) is 24.3 Å². The van der Waals surface area contributed by atoms with Crippen molar-refractivity contribution in [1.82, 2.24) is 5.32 Å². The van der Waals surface area contributed by atoms with Crippen molar-refractivity contribution in [1.29, 1.82) is 0 Å². The van der Waals surface area contributed by atoms with Crippen LogP contribution in [0.15, 0.2) is 24.3 Å². The van der Waals surface area contributed by atoms with Gasteiger partial charge in [0, 0.05) is 25.3 Å². The number of hydrogen-bond donors (Lipinski definition) is 1. The third-order valence-corrected chi connectivity index (χ3v) is 3.03. The molecule has 1 aromatic carbocycles. The zero-order valence-corrected chi connectivity index (χ0v) is 10.00. The van der Waals surface area contributed by atoms with Gasteiger partial charge in [-0.15, -0.1) is 0 Å². The fourth-order valence-corrected chi connectivity index (χ4v) is 2.08. The van der Waals surface area contributed by atoms with Crippen LogP contribution in [0.25, 0.3) is 0 Å². The number of alkyl halides is 3. The first-order valence-corrected chi connectivity index (χ1v) is 5.70. The minimum absolute atomic E-state index is 0.0739. The fraction of sp³-hybridized carbons (Fsp3) is 0.500. The van der Waals surface area contributed by atoms with Gasteiger partial charge in [0.2, 0.25) is 0 Å². The standard InChI is InChI=1S/C12H15F3N2O/c1-18-10-4-2-9(3-5-10)17-7-6-16-8-11(17)12(13,14)15/h2-5,11,16H,6-8H2,1H3. The van der Waals surface area contributed by atoms with Crippen LogP contribution in [-0.4, -0.2) is 39.0 Å². The number of nitrogens with zero attached hydrogens (tertiary/aromatic N) is 1. The number of halogens is 3. The molecule has 1 heterocycles. The molecule has 0 aliphatic carbocycles. The lowest BCUT2D eigenvalue weighted by molar-refractivity contribution is -0.149. The van der Waals surface area contributed by atoms with Gasteiger partial charge in [-0.25, -0.2) is 0 Å². The first kappa shape index (κ1) is 13.0. The number of piperazine rings is 1. The van der Waals surface area contributed by atoms with Gasteiger partial charge in [-0.3, -0.25) is 0 Å². The van der Waals surface area contributed by atoms with Gasteiger partial charge in [0.05, 0.1) is 7.11 Å². The van der Waals surface area contributed by atoms with Crippen LogP contribution in [0.5, 0.6) is 5.75 Å². The molecule has 3 nitrogen and oxygen atoms in total. The van der Waals surface area contributed by atoms with Crippen LogP contribution in [0.4, 0.5) is 18.9 Å². The summed E-state index contributed by atoms with van der Waals surface area (Å²) in [6.45, 7) is 0.824. The Labute approximate surface area is 104 Å². The van der Waals surface area contributed by atoms with E-state index < -0.39 is 12.2 Å². The molecule has 1 atom stereocenters. The lowest BCUT2D eigenvalue weighted by Crippen LogP contribution is -2.58. The average Bonchev–Trinajstić information content (AvgIpc) is 2.38. The van der Waals surface area contributed by atoms with Crippen LogP contribution >= 0.6 is 0 Å². The largest absolute Gasteiger partial charge is 0.497 e. The predicted molar refractivity (Wildman–Crippen MR) is 63.1 cm³/mol. The van der Waals surface area contributed by atoms with Gasteiger partial charge in [-0.05, 0) is 24.3 Å². The molecule has 1 fully saturated rings. The Morgan fingerprint density at radius 2 is 1.94 bits per heavy atom. The summed E-state index contributed by atoms with van der Waals surface area (Å²) >= 11 is 0. The fourth-order valence-electron chi connectivity index (χ4n) is 2.08. The molecule has 0 saturated carbocycles. The second-order valence-corrected chi connectivity index (χ2v) is 4.15. The number of hydrogen-bond acceptors (Lipinski definition) is 3. The highest BCUT2D eigenvalue weighted by Gasteiger charge is 2.44. The summed E-state index contributed by atoms with van der Waals surface area (Å²) < 4.78 is 43.7. The molecule has 0 amide bonds. The molecule has 1 aliphatic rings. The van der Waals surface area contributed by atoms with E-state index in [1.54, 1.807) is 24.3 Å². The van der Waals surface area contributed by atoms with E-state index in [9.17, 15) is 13.2 Å². The summed E-state index contributed by atoms with van der Waals surface area (Å²) in [5, 5.41) is 2.78. The van der Waals surface area contributed by atoms with Gasteiger partial charge in [0.1, 0.15) is 11.8 Å². The molecule has 0 bridgehead atoms. The van der Waals surface area contributed by atoms with Crippen molar-refractivity contribution in [3.63, 3.8) is 0 Å². The van der Waals surface area contributed by atoms with Crippen molar-refractivity contribution in [2.45, 2.75) is 12.2 Å². The molecule has 1 saturated heterocycles. The van der Waals surface area contributed by atoms with Crippen molar-refractivity contribution in [3.8, 4) is 5.75 Å². The van der Waals surface area contributed by atoms with Crippen LogP contribution in [0.1, 0.15) is 0 Å². The minimum Gasteiger partial charge on any atom is -0.497 e. The van der Waals surface area contributed by atoms with E-state index in [1.807, 2.05) is 0 Å². The topological polar surface area (TPSA) is 24.5 Å². The van der Waals surface area contributed by atoms with E-state index in [2.05, 4.69) is 5.32 Å². The molecular weight excluding hydrogens is 245 g/mol. The molecule has 0 radical (unpaired) electrons. The summed E-state index contributed by atoms with van der Waals surface area (Å²) in [7, 11) is 1.53. The molecule has 6 heteroatoms. The van der Waals surface area contributed by atoms with E-state index in [0.717, 1.165) is 0 Å². The SMILES string of the molecule is COc1ccc(N2CCNCC2C(F)(F)F)cc1. The number of anilines is 1. The number of methoxy groups -OCH3 is 1. The van der Waals surface area contributed by atoms with Gasteiger partial charge >= 0.3 is 6.18 Å². The number of nitrogens with one attached hydrogen (secondary N) is 1. The zero-order valence-electron chi connectivity index (χ0n) is 10.00. The van der Waals surface area contributed by atoms with Crippen LogP contribution in [-0.2, 0) is 0 Å². The second kappa shape index (κ2) is 5.06. The van der Waals surface area contributed by atoms with Crippen molar-refractivity contribution < 1.29 is 17.9 Å². The highest BCUT2D eigenvalue weighted by Crippen LogP contribution is 2.30. The number of benzene rings is 1. The van der Waals surface area contributed by atoms with E-state index in [-0.39, 0.29) is 6.54 Å².